The van der Waals surface area contributed by atoms with Crippen LogP contribution in [0.5, 0.6) is 0 Å². The van der Waals surface area contributed by atoms with Crippen LogP contribution in [0.2, 0.25) is 0 Å². The average molecular weight is 372 g/mol. The molecule has 0 spiro atoms. The number of carbonyl (C=O) groups excluding carboxylic acids is 2. The van der Waals surface area contributed by atoms with Gasteiger partial charge in [-0.3, -0.25) is 4.79 Å². The fraction of sp³-hybridized carbons (Fsp3) is 0.167. The van der Waals surface area contributed by atoms with E-state index in [9.17, 15) is 9.59 Å². The van der Waals surface area contributed by atoms with Gasteiger partial charge in [-0.15, -0.1) is 22.7 Å². The number of rotatable bonds is 6. The first-order chi connectivity index (χ1) is 12.1. The minimum Gasteiger partial charge on any atom is -0.455 e. The van der Waals surface area contributed by atoms with E-state index in [1.807, 2.05) is 36.6 Å². The van der Waals surface area contributed by atoms with E-state index in [0.717, 1.165) is 11.3 Å². The number of amides is 1. The molecule has 0 aliphatic heterocycles. The van der Waals surface area contributed by atoms with Crippen LogP contribution in [-0.2, 0) is 22.6 Å². The Morgan fingerprint density at radius 1 is 1.16 bits per heavy atom. The van der Waals surface area contributed by atoms with E-state index in [1.165, 1.54) is 22.7 Å². The standard InChI is InChI=1S/C18H16N2O3S2/c1-12-5-2-3-6-14(12)20-16(21)9-17-19-13(11-25-17)10-23-18(22)15-7-4-8-24-15/h2-8,11H,9-10H2,1H3,(H,20,21). The van der Waals surface area contributed by atoms with Crippen molar-refractivity contribution < 1.29 is 14.3 Å². The fourth-order valence-corrected chi connectivity index (χ4v) is 3.54. The Bertz CT molecular complexity index is 872. The molecule has 0 radical (unpaired) electrons. The third-order valence-electron chi connectivity index (χ3n) is 3.40. The summed E-state index contributed by atoms with van der Waals surface area (Å²) in [4.78, 5) is 28.8. The molecule has 3 rings (SSSR count). The molecule has 1 aromatic carbocycles. The molecule has 0 aliphatic rings. The highest BCUT2D eigenvalue weighted by Gasteiger charge is 2.12. The number of nitrogens with one attached hydrogen (secondary N) is 1. The Hall–Kier alpha value is -2.51. The summed E-state index contributed by atoms with van der Waals surface area (Å²) in [6.07, 6.45) is 0.192. The Labute approximate surface area is 153 Å². The molecule has 5 nitrogen and oxygen atoms in total. The maximum Gasteiger partial charge on any atom is 0.348 e. The predicted octanol–water partition coefficient (Wildman–Crippen LogP) is 4.05. The van der Waals surface area contributed by atoms with E-state index in [2.05, 4.69) is 10.3 Å². The number of aryl methyl sites for hydroxylation is 1. The van der Waals surface area contributed by atoms with Gasteiger partial charge in [0.25, 0.3) is 0 Å². The highest BCUT2D eigenvalue weighted by Crippen LogP contribution is 2.16. The number of hydrogen-bond acceptors (Lipinski definition) is 6. The van der Waals surface area contributed by atoms with Crippen molar-refractivity contribution >= 4 is 40.2 Å². The van der Waals surface area contributed by atoms with E-state index in [4.69, 9.17) is 4.74 Å². The lowest BCUT2D eigenvalue weighted by atomic mass is 10.2. The maximum absolute atomic E-state index is 12.1. The molecule has 0 aliphatic carbocycles. The lowest BCUT2D eigenvalue weighted by Gasteiger charge is -2.06. The number of thiazole rings is 1. The first-order valence-electron chi connectivity index (χ1n) is 7.61. The summed E-state index contributed by atoms with van der Waals surface area (Å²) < 4.78 is 5.22. The molecular formula is C18H16N2O3S2. The molecule has 25 heavy (non-hydrogen) atoms. The van der Waals surface area contributed by atoms with Gasteiger partial charge < -0.3 is 10.1 Å². The molecule has 128 valence electrons. The number of carbonyl (C=O) groups is 2. The summed E-state index contributed by atoms with van der Waals surface area (Å²) in [5.74, 6) is -0.479. The summed E-state index contributed by atoms with van der Waals surface area (Å²) >= 11 is 2.72. The van der Waals surface area contributed by atoms with Crippen LogP contribution in [0.4, 0.5) is 5.69 Å². The summed E-state index contributed by atoms with van der Waals surface area (Å²) in [6.45, 7) is 2.05. The van der Waals surface area contributed by atoms with Gasteiger partial charge in [0.1, 0.15) is 16.5 Å². The zero-order chi connectivity index (χ0) is 17.6. The van der Waals surface area contributed by atoms with Crippen LogP contribution in [0.15, 0.2) is 47.2 Å². The van der Waals surface area contributed by atoms with Crippen LogP contribution in [0.25, 0.3) is 0 Å². The minimum atomic E-state index is -0.359. The number of esters is 1. The lowest BCUT2D eigenvalue weighted by Crippen LogP contribution is -2.15. The zero-order valence-corrected chi connectivity index (χ0v) is 15.2. The number of hydrogen-bond donors (Lipinski definition) is 1. The van der Waals surface area contributed by atoms with Gasteiger partial charge in [0.05, 0.1) is 12.1 Å². The van der Waals surface area contributed by atoms with Crippen LogP contribution in [0, 0.1) is 6.92 Å². The SMILES string of the molecule is Cc1ccccc1NC(=O)Cc1nc(COC(=O)c2cccs2)cs1. The average Bonchev–Trinajstić information content (AvgIpc) is 3.26. The van der Waals surface area contributed by atoms with E-state index < -0.39 is 0 Å². The topological polar surface area (TPSA) is 68.3 Å². The summed E-state index contributed by atoms with van der Waals surface area (Å²) in [5.41, 5.74) is 2.46. The van der Waals surface area contributed by atoms with E-state index in [0.29, 0.717) is 15.6 Å². The van der Waals surface area contributed by atoms with Gasteiger partial charge in [-0.05, 0) is 30.0 Å². The number of para-hydroxylation sites is 1. The number of nitrogens with zero attached hydrogens (tertiary/aromatic N) is 1. The van der Waals surface area contributed by atoms with Gasteiger partial charge in [0.2, 0.25) is 5.91 Å². The van der Waals surface area contributed by atoms with Crippen molar-refractivity contribution in [2.75, 3.05) is 5.32 Å². The number of anilines is 1. The normalized spacial score (nSPS) is 10.4. The summed E-state index contributed by atoms with van der Waals surface area (Å²) in [6, 6.07) is 11.1. The second-order valence-corrected chi connectivity index (χ2v) is 7.22. The largest absolute Gasteiger partial charge is 0.455 e. The first-order valence-corrected chi connectivity index (χ1v) is 9.37. The molecule has 7 heteroatoms. The molecule has 2 heterocycles. The molecule has 0 fully saturated rings. The fourth-order valence-electron chi connectivity index (χ4n) is 2.15. The molecule has 1 amide bonds. The molecule has 1 N–H and O–H groups in total. The number of thiophene rings is 1. The molecule has 0 atom stereocenters. The maximum atomic E-state index is 12.1. The van der Waals surface area contributed by atoms with Crippen molar-refractivity contribution in [3.8, 4) is 0 Å². The van der Waals surface area contributed by atoms with E-state index in [-0.39, 0.29) is 24.9 Å². The number of aromatic nitrogens is 1. The molecule has 0 saturated heterocycles. The molecule has 2 aromatic heterocycles. The van der Waals surface area contributed by atoms with Crippen molar-refractivity contribution in [3.63, 3.8) is 0 Å². The van der Waals surface area contributed by atoms with Crippen LogP contribution in [0.1, 0.15) is 25.9 Å². The van der Waals surface area contributed by atoms with Crippen molar-refractivity contribution in [1.29, 1.82) is 0 Å². The second-order valence-electron chi connectivity index (χ2n) is 5.33. The Morgan fingerprint density at radius 2 is 2.00 bits per heavy atom. The van der Waals surface area contributed by atoms with Crippen LogP contribution >= 0.6 is 22.7 Å². The van der Waals surface area contributed by atoms with Gasteiger partial charge in [-0.25, -0.2) is 9.78 Å². The van der Waals surface area contributed by atoms with Gasteiger partial charge in [0, 0.05) is 11.1 Å². The van der Waals surface area contributed by atoms with E-state index in [1.54, 1.807) is 17.5 Å². The zero-order valence-electron chi connectivity index (χ0n) is 13.5. The molecular weight excluding hydrogens is 356 g/mol. The van der Waals surface area contributed by atoms with Crippen LogP contribution in [0.3, 0.4) is 0 Å². The molecule has 0 saturated carbocycles. The van der Waals surface area contributed by atoms with Gasteiger partial charge in [0.15, 0.2) is 0 Å². The highest BCUT2D eigenvalue weighted by molar-refractivity contribution is 7.12. The third kappa shape index (κ3) is 4.74. The number of ether oxygens (including phenoxy) is 1. The van der Waals surface area contributed by atoms with Crippen LogP contribution in [-0.4, -0.2) is 16.9 Å². The van der Waals surface area contributed by atoms with Gasteiger partial charge in [-0.1, -0.05) is 24.3 Å². The van der Waals surface area contributed by atoms with E-state index >= 15 is 0 Å². The quantitative estimate of drug-likeness (QED) is 0.663. The first kappa shape index (κ1) is 17.3. The molecule has 0 unspecified atom stereocenters. The third-order valence-corrected chi connectivity index (χ3v) is 5.15. The predicted molar refractivity (Wildman–Crippen MR) is 99.1 cm³/mol. The van der Waals surface area contributed by atoms with Crippen LogP contribution < -0.4 is 5.32 Å². The van der Waals surface area contributed by atoms with Crippen molar-refractivity contribution in [1.82, 2.24) is 4.98 Å². The summed E-state index contributed by atoms with van der Waals surface area (Å²) in [7, 11) is 0. The second kappa shape index (κ2) is 8.04. The molecule has 3 aromatic rings. The summed E-state index contributed by atoms with van der Waals surface area (Å²) in [5, 5.41) is 7.20. The molecule has 0 bridgehead atoms. The smallest absolute Gasteiger partial charge is 0.348 e. The Balaban J connectivity index is 1.52. The van der Waals surface area contributed by atoms with Crippen molar-refractivity contribution in [2.45, 2.75) is 20.0 Å². The van der Waals surface area contributed by atoms with Crippen molar-refractivity contribution in [2.24, 2.45) is 0 Å². The number of benzene rings is 1. The van der Waals surface area contributed by atoms with Gasteiger partial charge >= 0.3 is 5.97 Å². The lowest BCUT2D eigenvalue weighted by molar-refractivity contribution is -0.115. The Morgan fingerprint density at radius 3 is 2.76 bits per heavy atom. The van der Waals surface area contributed by atoms with Crippen molar-refractivity contribution in [3.05, 3.63) is 68.3 Å². The minimum absolute atomic E-state index is 0.104. The van der Waals surface area contributed by atoms with Gasteiger partial charge in [-0.2, -0.15) is 0 Å². The monoisotopic (exact) mass is 372 g/mol. The highest BCUT2D eigenvalue weighted by atomic mass is 32.1. The Kier molecular flexibility index (Phi) is 5.57.